The molecule has 1 N–H and O–H groups in total. The number of carbonyl (C=O) groups excluding carboxylic acids is 1. The zero-order valence-corrected chi connectivity index (χ0v) is 17.6. The van der Waals surface area contributed by atoms with Crippen LogP contribution in [0.4, 0.5) is 0 Å². The normalized spacial score (nSPS) is 22.3. The molecule has 1 atom stereocenters. The van der Waals surface area contributed by atoms with Crippen molar-refractivity contribution in [1.82, 2.24) is 14.5 Å². The maximum atomic E-state index is 12.7. The summed E-state index contributed by atoms with van der Waals surface area (Å²) in [5.74, 6) is 0.448. The molecule has 0 radical (unpaired) electrons. The van der Waals surface area contributed by atoms with Crippen LogP contribution in [-0.2, 0) is 10.0 Å². The Kier molecular flexibility index (Phi) is 6.95. The predicted octanol–water partition coefficient (Wildman–Crippen LogP) is 1.70. The molecule has 0 bridgehead atoms. The standard InChI is InChI=1S/C20H31N3O4S/c1-3-22-12-6-7-16(22)15-21-20(24)18-8-4-5-9-19(18)27-17-10-13-23(14-11-17)28(2,25)26/h4-5,8-9,16-17H,3,6-7,10-15H2,1-2H3,(H,21,24)/t16-/m1/s1. The minimum Gasteiger partial charge on any atom is -0.489 e. The van der Waals surface area contributed by atoms with E-state index in [0.29, 0.717) is 49.8 Å². The van der Waals surface area contributed by atoms with E-state index in [4.69, 9.17) is 4.74 Å². The number of carbonyl (C=O) groups is 1. The highest BCUT2D eigenvalue weighted by Crippen LogP contribution is 2.24. The fourth-order valence-corrected chi connectivity index (χ4v) is 4.94. The number of hydrogen-bond acceptors (Lipinski definition) is 5. The Morgan fingerprint density at radius 1 is 1.18 bits per heavy atom. The number of likely N-dealkylation sites (tertiary alicyclic amines) is 1. The summed E-state index contributed by atoms with van der Waals surface area (Å²) in [5.41, 5.74) is 0.536. The third kappa shape index (κ3) is 5.24. The van der Waals surface area contributed by atoms with Gasteiger partial charge in [0.25, 0.3) is 5.91 Å². The van der Waals surface area contributed by atoms with Crippen LogP contribution >= 0.6 is 0 Å². The molecule has 28 heavy (non-hydrogen) atoms. The molecule has 1 amide bonds. The summed E-state index contributed by atoms with van der Waals surface area (Å²) in [4.78, 5) is 15.1. The van der Waals surface area contributed by atoms with E-state index >= 15 is 0 Å². The van der Waals surface area contributed by atoms with Gasteiger partial charge in [-0.15, -0.1) is 0 Å². The first-order chi connectivity index (χ1) is 13.4. The number of sulfonamides is 1. The molecule has 3 rings (SSSR count). The second kappa shape index (κ2) is 9.24. The summed E-state index contributed by atoms with van der Waals surface area (Å²) in [6.45, 7) is 5.81. The number of rotatable bonds is 7. The number of nitrogens with zero attached hydrogens (tertiary/aromatic N) is 2. The number of hydrogen-bond donors (Lipinski definition) is 1. The fourth-order valence-electron chi connectivity index (χ4n) is 4.07. The lowest BCUT2D eigenvalue weighted by atomic mass is 10.1. The first-order valence-electron chi connectivity index (χ1n) is 10.1. The zero-order chi connectivity index (χ0) is 20.1. The van der Waals surface area contributed by atoms with E-state index in [1.165, 1.54) is 17.0 Å². The second-order valence-electron chi connectivity index (χ2n) is 7.61. The average Bonchev–Trinajstić information content (AvgIpc) is 3.14. The lowest BCUT2D eigenvalue weighted by molar-refractivity contribution is 0.0926. The minimum absolute atomic E-state index is 0.0858. The average molecular weight is 410 g/mol. The highest BCUT2D eigenvalue weighted by molar-refractivity contribution is 7.88. The molecule has 0 saturated carbocycles. The number of benzene rings is 1. The van der Waals surface area contributed by atoms with Crippen molar-refractivity contribution in [2.24, 2.45) is 0 Å². The number of para-hydroxylation sites is 1. The van der Waals surface area contributed by atoms with Gasteiger partial charge in [0.05, 0.1) is 11.8 Å². The Labute approximate surface area is 168 Å². The van der Waals surface area contributed by atoms with Crippen molar-refractivity contribution in [2.45, 2.75) is 44.8 Å². The summed E-state index contributed by atoms with van der Waals surface area (Å²) in [5, 5.41) is 3.06. The van der Waals surface area contributed by atoms with Gasteiger partial charge in [-0.3, -0.25) is 9.69 Å². The maximum absolute atomic E-state index is 12.7. The number of piperidine rings is 1. The van der Waals surface area contributed by atoms with Crippen LogP contribution in [0.15, 0.2) is 24.3 Å². The van der Waals surface area contributed by atoms with Gasteiger partial charge in [-0.05, 0) is 50.9 Å². The van der Waals surface area contributed by atoms with Crippen molar-refractivity contribution in [3.8, 4) is 5.75 Å². The van der Waals surface area contributed by atoms with Gasteiger partial charge in [-0.2, -0.15) is 0 Å². The molecule has 0 unspecified atom stereocenters. The van der Waals surface area contributed by atoms with Crippen LogP contribution in [0.25, 0.3) is 0 Å². The lowest BCUT2D eigenvalue weighted by Crippen LogP contribution is -2.41. The molecule has 8 heteroatoms. The Hall–Kier alpha value is -1.64. The van der Waals surface area contributed by atoms with E-state index in [2.05, 4.69) is 17.1 Å². The summed E-state index contributed by atoms with van der Waals surface area (Å²) in [6, 6.07) is 7.69. The molecule has 1 aromatic rings. The van der Waals surface area contributed by atoms with E-state index in [1.807, 2.05) is 18.2 Å². The third-order valence-electron chi connectivity index (χ3n) is 5.70. The van der Waals surface area contributed by atoms with Gasteiger partial charge in [0.2, 0.25) is 10.0 Å². The molecular weight excluding hydrogens is 378 g/mol. The van der Waals surface area contributed by atoms with Crippen molar-refractivity contribution >= 4 is 15.9 Å². The van der Waals surface area contributed by atoms with Crippen molar-refractivity contribution < 1.29 is 17.9 Å². The molecule has 0 aromatic heterocycles. The molecule has 2 saturated heterocycles. The summed E-state index contributed by atoms with van der Waals surface area (Å²) < 4.78 is 30.9. The molecule has 0 spiro atoms. The van der Waals surface area contributed by atoms with Crippen molar-refractivity contribution in [3.63, 3.8) is 0 Å². The summed E-state index contributed by atoms with van der Waals surface area (Å²) >= 11 is 0. The van der Waals surface area contributed by atoms with Crippen LogP contribution in [0.5, 0.6) is 5.75 Å². The molecule has 7 nitrogen and oxygen atoms in total. The van der Waals surface area contributed by atoms with Gasteiger partial charge in [0.1, 0.15) is 11.9 Å². The van der Waals surface area contributed by atoms with Crippen LogP contribution in [0.3, 0.4) is 0 Å². The quantitative estimate of drug-likeness (QED) is 0.742. The van der Waals surface area contributed by atoms with E-state index in [1.54, 1.807) is 6.07 Å². The van der Waals surface area contributed by atoms with Crippen LogP contribution in [0, 0.1) is 0 Å². The highest BCUT2D eigenvalue weighted by atomic mass is 32.2. The van der Waals surface area contributed by atoms with Gasteiger partial charge in [0.15, 0.2) is 0 Å². The van der Waals surface area contributed by atoms with Gasteiger partial charge in [-0.1, -0.05) is 19.1 Å². The molecule has 2 aliphatic heterocycles. The smallest absolute Gasteiger partial charge is 0.255 e. The van der Waals surface area contributed by atoms with Crippen molar-refractivity contribution in [1.29, 1.82) is 0 Å². The third-order valence-corrected chi connectivity index (χ3v) is 7.00. The van der Waals surface area contributed by atoms with Crippen LogP contribution in [0.2, 0.25) is 0 Å². The first-order valence-corrected chi connectivity index (χ1v) is 12.0. The van der Waals surface area contributed by atoms with Crippen LogP contribution < -0.4 is 10.1 Å². The number of likely N-dealkylation sites (N-methyl/N-ethyl adjacent to an activating group) is 1. The monoisotopic (exact) mass is 409 g/mol. The Balaban J connectivity index is 1.58. The fraction of sp³-hybridized carbons (Fsp3) is 0.650. The number of ether oxygens (including phenoxy) is 1. The minimum atomic E-state index is -3.16. The Bertz CT molecular complexity index is 775. The number of amides is 1. The SMILES string of the molecule is CCN1CCC[C@@H]1CNC(=O)c1ccccc1OC1CCN(S(C)(=O)=O)CC1. The first kappa shape index (κ1) is 21.1. The van der Waals surface area contributed by atoms with Crippen molar-refractivity contribution in [2.75, 3.05) is 39.0 Å². The van der Waals surface area contributed by atoms with E-state index in [0.717, 1.165) is 19.5 Å². The largest absolute Gasteiger partial charge is 0.489 e. The number of nitrogens with one attached hydrogen (secondary N) is 1. The molecule has 156 valence electrons. The Morgan fingerprint density at radius 3 is 2.57 bits per heavy atom. The molecule has 2 heterocycles. The van der Waals surface area contributed by atoms with Crippen LogP contribution in [0.1, 0.15) is 43.0 Å². The van der Waals surface area contributed by atoms with Crippen LogP contribution in [-0.4, -0.2) is 74.7 Å². The molecule has 2 fully saturated rings. The van der Waals surface area contributed by atoms with Gasteiger partial charge in [0, 0.05) is 25.7 Å². The second-order valence-corrected chi connectivity index (χ2v) is 9.59. The topological polar surface area (TPSA) is 79.0 Å². The molecule has 1 aromatic carbocycles. The molecular formula is C20H31N3O4S. The highest BCUT2D eigenvalue weighted by Gasteiger charge is 2.27. The van der Waals surface area contributed by atoms with E-state index in [9.17, 15) is 13.2 Å². The Morgan fingerprint density at radius 2 is 1.89 bits per heavy atom. The van der Waals surface area contributed by atoms with Crippen molar-refractivity contribution in [3.05, 3.63) is 29.8 Å². The molecule has 0 aliphatic carbocycles. The molecule has 2 aliphatic rings. The summed E-state index contributed by atoms with van der Waals surface area (Å²) in [6.07, 6.45) is 4.69. The zero-order valence-electron chi connectivity index (χ0n) is 16.8. The van der Waals surface area contributed by atoms with Gasteiger partial charge >= 0.3 is 0 Å². The predicted molar refractivity (Wildman–Crippen MR) is 109 cm³/mol. The van der Waals surface area contributed by atoms with Gasteiger partial charge < -0.3 is 10.1 Å². The van der Waals surface area contributed by atoms with E-state index in [-0.39, 0.29) is 12.0 Å². The van der Waals surface area contributed by atoms with Gasteiger partial charge in [-0.25, -0.2) is 12.7 Å². The lowest BCUT2D eigenvalue weighted by Gasteiger charge is -2.30. The summed E-state index contributed by atoms with van der Waals surface area (Å²) in [7, 11) is -3.16. The van der Waals surface area contributed by atoms with E-state index < -0.39 is 10.0 Å². The maximum Gasteiger partial charge on any atom is 0.255 e.